The van der Waals surface area contributed by atoms with Gasteiger partial charge in [0.25, 0.3) is 5.91 Å². The van der Waals surface area contributed by atoms with Gasteiger partial charge in [-0.1, -0.05) is 29.8 Å². The first-order chi connectivity index (χ1) is 22.2. The monoisotopic (exact) mass is 677 g/mol. The Morgan fingerprint density at radius 2 is 1.74 bits per heavy atom. The predicted octanol–water partition coefficient (Wildman–Crippen LogP) is 6.84. The molecule has 250 valence electrons. The molecular formula is C32H31ClF3N3O8. The minimum absolute atomic E-state index is 0.00356. The van der Waals surface area contributed by atoms with E-state index in [9.17, 15) is 32.8 Å². The lowest BCUT2D eigenvalue weighted by atomic mass is 9.98. The van der Waals surface area contributed by atoms with Gasteiger partial charge in [-0.25, -0.2) is 4.79 Å². The number of benzene rings is 2. The van der Waals surface area contributed by atoms with Crippen molar-refractivity contribution < 1.29 is 51.2 Å². The maximum absolute atomic E-state index is 13.5. The largest absolute Gasteiger partial charge is 0.511 e. The van der Waals surface area contributed by atoms with Crippen LogP contribution in [0, 0.1) is 11.3 Å². The molecule has 0 spiro atoms. The van der Waals surface area contributed by atoms with Crippen molar-refractivity contribution in [2.75, 3.05) is 13.7 Å². The van der Waals surface area contributed by atoms with Gasteiger partial charge >= 0.3 is 18.3 Å². The summed E-state index contributed by atoms with van der Waals surface area (Å²) in [4.78, 5) is 40.7. The van der Waals surface area contributed by atoms with Gasteiger partial charge in [0.15, 0.2) is 0 Å². The Bertz CT molecular complexity index is 1640. The number of nitrogens with one attached hydrogen (secondary N) is 1. The number of methoxy groups -OCH3 is 1. The Morgan fingerprint density at radius 3 is 2.40 bits per heavy atom. The summed E-state index contributed by atoms with van der Waals surface area (Å²) in [6.07, 6.45) is -6.56. The van der Waals surface area contributed by atoms with Gasteiger partial charge < -0.3 is 29.0 Å². The highest BCUT2D eigenvalue weighted by Gasteiger charge is 2.33. The number of nitriles is 1. The summed E-state index contributed by atoms with van der Waals surface area (Å²) in [6.45, 7) is 4.56. The molecule has 3 aromatic rings. The summed E-state index contributed by atoms with van der Waals surface area (Å²) in [5, 5.41) is 12.3. The number of para-hydroxylation sites is 1. The molecule has 15 heteroatoms. The molecule has 3 rings (SSSR count). The topological polar surface area (TPSA) is 146 Å². The van der Waals surface area contributed by atoms with E-state index in [0.29, 0.717) is 17.4 Å². The highest BCUT2D eigenvalue weighted by Crippen LogP contribution is 2.37. The van der Waals surface area contributed by atoms with E-state index in [2.05, 4.69) is 10.3 Å². The van der Waals surface area contributed by atoms with E-state index in [1.165, 1.54) is 26.2 Å². The Labute approximate surface area is 273 Å². The summed E-state index contributed by atoms with van der Waals surface area (Å²) in [6, 6.07) is 11.9. The number of pyridine rings is 1. The fourth-order valence-electron chi connectivity index (χ4n) is 4.12. The summed E-state index contributed by atoms with van der Waals surface area (Å²) >= 11 is 6.49. The first-order valence-electron chi connectivity index (χ1n) is 14.1. The second-order valence-corrected chi connectivity index (χ2v) is 10.5. The number of aromatic nitrogens is 1. The molecule has 0 saturated carbocycles. The van der Waals surface area contributed by atoms with Crippen molar-refractivity contribution in [3.63, 3.8) is 0 Å². The predicted molar refractivity (Wildman–Crippen MR) is 162 cm³/mol. The second kappa shape index (κ2) is 16.5. The lowest BCUT2D eigenvalue weighted by Gasteiger charge is -2.17. The van der Waals surface area contributed by atoms with Crippen LogP contribution in [0.4, 0.5) is 18.0 Å². The number of carbonyl (C=O) groups is 3. The van der Waals surface area contributed by atoms with Gasteiger partial charge in [0, 0.05) is 48.8 Å². The van der Waals surface area contributed by atoms with Crippen LogP contribution in [0.5, 0.6) is 11.5 Å². The van der Waals surface area contributed by atoms with Crippen molar-refractivity contribution in [1.29, 1.82) is 5.26 Å². The van der Waals surface area contributed by atoms with Crippen LogP contribution < -0.4 is 14.8 Å². The van der Waals surface area contributed by atoms with Crippen molar-refractivity contribution in [2.24, 2.45) is 0 Å². The number of hydrogen-bond donors (Lipinski definition) is 1. The lowest BCUT2D eigenvalue weighted by molar-refractivity contribution is -0.168. The standard InChI is InChI=1S/C32H31ClF3N3O8/c1-18(2)45-31(42)47-19(3)46-29(40)10-7-11-44-27-14-25(33)22(24-17-38-28(32(34,35)36)12-21(24)15-37)13-23(27)30(41)39-16-20-8-5-6-9-26(20)43-4/h5-6,8-9,12-14,17-19H,7,10-11,16H2,1-4H3,(H,39,41). The van der Waals surface area contributed by atoms with Gasteiger partial charge in [0.05, 0.1) is 42.0 Å². The van der Waals surface area contributed by atoms with E-state index in [4.69, 9.17) is 35.3 Å². The number of nitrogens with zero attached hydrogens (tertiary/aromatic N) is 2. The van der Waals surface area contributed by atoms with Crippen molar-refractivity contribution in [1.82, 2.24) is 10.3 Å². The second-order valence-electron chi connectivity index (χ2n) is 10.1. The first-order valence-corrected chi connectivity index (χ1v) is 14.5. The number of rotatable bonds is 13. The van der Waals surface area contributed by atoms with Crippen molar-refractivity contribution >= 4 is 29.6 Å². The van der Waals surface area contributed by atoms with E-state index in [0.717, 1.165) is 6.20 Å². The van der Waals surface area contributed by atoms with E-state index < -0.39 is 42.3 Å². The molecule has 0 fully saturated rings. The third-order valence-electron chi connectivity index (χ3n) is 6.23. The minimum Gasteiger partial charge on any atom is -0.496 e. The Balaban J connectivity index is 1.82. The number of ether oxygens (including phenoxy) is 5. The van der Waals surface area contributed by atoms with E-state index in [-0.39, 0.29) is 59.0 Å². The average Bonchev–Trinajstić information content (AvgIpc) is 3.00. The molecule has 0 aliphatic carbocycles. The normalized spacial score (nSPS) is 11.7. The molecule has 1 N–H and O–H groups in total. The fourth-order valence-corrected chi connectivity index (χ4v) is 4.37. The number of carbonyl (C=O) groups excluding carboxylic acids is 3. The van der Waals surface area contributed by atoms with Crippen molar-refractivity contribution in [2.45, 2.75) is 58.7 Å². The Kier molecular flexibility index (Phi) is 12.8. The van der Waals surface area contributed by atoms with Crippen LogP contribution in [0.3, 0.4) is 0 Å². The zero-order valence-corrected chi connectivity index (χ0v) is 26.5. The molecule has 0 bridgehead atoms. The van der Waals surface area contributed by atoms with Crippen molar-refractivity contribution in [3.8, 4) is 28.7 Å². The van der Waals surface area contributed by atoms with Gasteiger partial charge in [-0.2, -0.15) is 18.4 Å². The van der Waals surface area contributed by atoms with Crippen LogP contribution in [0.25, 0.3) is 11.1 Å². The summed E-state index contributed by atoms with van der Waals surface area (Å²) in [5.41, 5.74) is -1.000. The molecule has 2 aromatic carbocycles. The molecule has 1 atom stereocenters. The molecular weight excluding hydrogens is 647 g/mol. The molecule has 1 amide bonds. The molecule has 1 aromatic heterocycles. The minimum atomic E-state index is -4.79. The molecule has 47 heavy (non-hydrogen) atoms. The maximum Gasteiger partial charge on any atom is 0.511 e. The van der Waals surface area contributed by atoms with Gasteiger partial charge in [-0.3, -0.25) is 14.6 Å². The van der Waals surface area contributed by atoms with E-state index in [1.54, 1.807) is 44.2 Å². The number of esters is 1. The first kappa shape index (κ1) is 36.4. The van der Waals surface area contributed by atoms with Crippen LogP contribution in [0.2, 0.25) is 5.02 Å². The average molecular weight is 678 g/mol. The smallest absolute Gasteiger partial charge is 0.496 e. The molecule has 0 aliphatic heterocycles. The van der Waals surface area contributed by atoms with Gasteiger partial charge in [0.2, 0.25) is 6.29 Å². The molecule has 1 heterocycles. The number of hydrogen-bond acceptors (Lipinski definition) is 10. The number of halogens is 4. The van der Waals surface area contributed by atoms with Gasteiger partial charge in [0.1, 0.15) is 17.2 Å². The third-order valence-corrected chi connectivity index (χ3v) is 6.54. The maximum atomic E-state index is 13.5. The lowest BCUT2D eigenvalue weighted by Crippen LogP contribution is -2.24. The van der Waals surface area contributed by atoms with E-state index >= 15 is 0 Å². The molecule has 0 radical (unpaired) electrons. The summed E-state index contributed by atoms with van der Waals surface area (Å²) < 4.78 is 65.5. The van der Waals surface area contributed by atoms with Gasteiger partial charge in [-0.15, -0.1) is 0 Å². The Hall–Kier alpha value is -5.03. The van der Waals surface area contributed by atoms with Crippen LogP contribution >= 0.6 is 11.6 Å². The van der Waals surface area contributed by atoms with Gasteiger partial charge in [-0.05, 0) is 38.5 Å². The number of alkyl halides is 3. The molecule has 0 saturated heterocycles. The van der Waals surface area contributed by atoms with E-state index in [1.807, 2.05) is 0 Å². The SMILES string of the molecule is COc1ccccc1CNC(=O)c1cc(-c2cnc(C(F)(F)F)cc2C#N)c(Cl)cc1OCCCC(=O)OC(C)OC(=O)OC(C)C. The quantitative estimate of drug-likeness (QED) is 0.116. The summed E-state index contributed by atoms with van der Waals surface area (Å²) in [5.74, 6) is -0.809. The highest BCUT2D eigenvalue weighted by molar-refractivity contribution is 6.33. The van der Waals surface area contributed by atoms with Crippen LogP contribution in [0.15, 0.2) is 48.7 Å². The molecule has 11 nitrogen and oxygen atoms in total. The highest BCUT2D eigenvalue weighted by atomic mass is 35.5. The fraction of sp³-hybridized carbons (Fsp3) is 0.344. The van der Waals surface area contributed by atoms with Crippen LogP contribution in [-0.4, -0.2) is 49.1 Å². The van der Waals surface area contributed by atoms with Crippen LogP contribution in [0.1, 0.15) is 60.8 Å². The number of amides is 1. The summed E-state index contributed by atoms with van der Waals surface area (Å²) in [7, 11) is 1.48. The van der Waals surface area contributed by atoms with Crippen molar-refractivity contribution in [3.05, 3.63) is 76.1 Å². The Morgan fingerprint density at radius 1 is 1.02 bits per heavy atom. The molecule has 1 unspecified atom stereocenters. The molecule has 0 aliphatic rings. The zero-order chi connectivity index (χ0) is 34.7. The third kappa shape index (κ3) is 10.5. The zero-order valence-electron chi connectivity index (χ0n) is 25.8. The van der Waals surface area contributed by atoms with Crippen LogP contribution in [-0.2, 0) is 31.7 Å².